The van der Waals surface area contributed by atoms with Crippen molar-refractivity contribution in [3.63, 3.8) is 0 Å². The average molecular weight is 906 g/mol. The molecule has 2 atom stereocenters. The van der Waals surface area contributed by atoms with Crippen molar-refractivity contribution in [2.24, 2.45) is 5.92 Å². The first-order valence-electron chi connectivity index (χ1n) is 28.9. The summed E-state index contributed by atoms with van der Waals surface area (Å²) in [5, 5.41) is 0. The number of unbranched alkanes of at least 4 members (excludes halogenated alkanes) is 39. The average Bonchev–Trinajstić information content (AvgIpc) is 3.29. The number of hydrogen-bond donors (Lipinski definition) is 0. The zero-order valence-corrected chi connectivity index (χ0v) is 43.8. The highest BCUT2D eigenvalue weighted by molar-refractivity contribution is 5.71. The van der Waals surface area contributed by atoms with Crippen molar-refractivity contribution < 1.29 is 28.6 Å². The molecule has 0 aromatic heterocycles. The van der Waals surface area contributed by atoms with Crippen LogP contribution in [0.4, 0.5) is 0 Å². The standard InChI is InChI=1S/C58H112O6/c1-5-8-10-12-14-16-18-20-22-24-25-27-28-30-32-37-41-45-49-56(59)62-52-55(53-63-57(60)50-46-42-38-35-34-36-40-44-48-54(4)7-3)64-58(61)51-47-43-39-33-31-29-26-23-21-19-17-15-13-11-9-6-2/h54-55H,5-53H2,1-4H3/t54?,55-/m1/s1. The molecule has 0 aromatic carbocycles. The molecule has 0 fully saturated rings. The molecule has 6 heteroatoms. The minimum absolute atomic E-state index is 0.0623. The van der Waals surface area contributed by atoms with Crippen molar-refractivity contribution >= 4 is 17.9 Å². The minimum Gasteiger partial charge on any atom is -0.462 e. The number of ether oxygens (including phenoxy) is 3. The van der Waals surface area contributed by atoms with Crippen LogP contribution >= 0.6 is 0 Å². The van der Waals surface area contributed by atoms with E-state index in [2.05, 4.69) is 27.7 Å². The summed E-state index contributed by atoms with van der Waals surface area (Å²) in [7, 11) is 0. The largest absolute Gasteiger partial charge is 0.462 e. The summed E-state index contributed by atoms with van der Waals surface area (Å²) in [5.74, 6) is 0.0101. The summed E-state index contributed by atoms with van der Waals surface area (Å²) >= 11 is 0. The van der Waals surface area contributed by atoms with Crippen molar-refractivity contribution in [3.8, 4) is 0 Å². The lowest BCUT2D eigenvalue weighted by Gasteiger charge is -2.18. The van der Waals surface area contributed by atoms with E-state index >= 15 is 0 Å². The van der Waals surface area contributed by atoms with Crippen LogP contribution in [0, 0.1) is 5.92 Å². The number of esters is 3. The Hall–Kier alpha value is -1.59. The van der Waals surface area contributed by atoms with E-state index < -0.39 is 6.10 Å². The molecule has 6 nitrogen and oxygen atoms in total. The SMILES string of the molecule is CCCCCCCCCCCCCCCCCCCCC(=O)OC[C@H](COC(=O)CCCCCCCCCCC(C)CC)OC(=O)CCCCCCCCCCCCCCCCCC. The van der Waals surface area contributed by atoms with Gasteiger partial charge in [0.1, 0.15) is 13.2 Å². The third-order valence-corrected chi connectivity index (χ3v) is 13.7. The Balaban J connectivity index is 4.28. The van der Waals surface area contributed by atoms with E-state index in [4.69, 9.17) is 14.2 Å². The van der Waals surface area contributed by atoms with Gasteiger partial charge in [-0.2, -0.15) is 0 Å². The van der Waals surface area contributed by atoms with Crippen LogP contribution < -0.4 is 0 Å². The van der Waals surface area contributed by atoms with Gasteiger partial charge in [-0.25, -0.2) is 0 Å². The smallest absolute Gasteiger partial charge is 0.306 e. The molecule has 0 heterocycles. The molecule has 0 saturated carbocycles. The van der Waals surface area contributed by atoms with Gasteiger partial charge in [-0.1, -0.05) is 291 Å². The Morgan fingerprint density at radius 3 is 0.812 bits per heavy atom. The fraction of sp³-hybridized carbons (Fsp3) is 0.948. The van der Waals surface area contributed by atoms with Gasteiger partial charge in [0, 0.05) is 19.3 Å². The van der Waals surface area contributed by atoms with Crippen molar-refractivity contribution in [1.29, 1.82) is 0 Å². The molecule has 0 aromatic rings. The van der Waals surface area contributed by atoms with Gasteiger partial charge in [-0.05, 0) is 25.2 Å². The molecule has 1 unspecified atom stereocenters. The number of carbonyl (C=O) groups is 3. The zero-order valence-electron chi connectivity index (χ0n) is 43.8. The normalized spacial score (nSPS) is 12.4. The lowest BCUT2D eigenvalue weighted by Crippen LogP contribution is -2.30. The second-order valence-corrected chi connectivity index (χ2v) is 20.2. The van der Waals surface area contributed by atoms with E-state index in [-0.39, 0.29) is 31.1 Å². The quantitative estimate of drug-likeness (QED) is 0.0344. The van der Waals surface area contributed by atoms with Crippen LogP contribution in [0.2, 0.25) is 0 Å². The van der Waals surface area contributed by atoms with E-state index in [9.17, 15) is 14.4 Å². The Labute approximate surface area is 399 Å². The third kappa shape index (κ3) is 49.8. The highest BCUT2D eigenvalue weighted by Gasteiger charge is 2.19. The second kappa shape index (κ2) is 52.4. The predicted octanol–water partition coefficient (Wildman–Crippen LogP) is 19.0. The maximum absolute atomic E-state index is 12.8. The molecule has 64 heavy (non-hydrogen) atoms. The summed E-state index contributed by atoms with van der Waals surface area (Å²) in [5.41, 5.74) is 0. The Kier molecular flexibility index (Phi) is 51.1. The van der Waals surface area contributed by atoms with Crippen LogP contribution in [-0.4, -0.2) is 37.2 Å². The summed E-state index contributed by atoms with van der Waals surface area (Å²) < 4.78 is 16.9. The molecule has 0 N–H and O–H groups in total. The van der Waals surface area contributed by atoms with Gasteiger partial charge in [0.05, 0.1) is 0 Å². The third-order valence-electron chi connectivity index (χ3n) is 13.7. The highest BCUT2D eigenvalue weighted by Crippen LogP contribution is 2.18. The Morgan fingerprint density at radius 2 is 0.547 bits per heavy atom. The second-order valence-electron chi connectivity index (χ2n) is 20.2. The Bertz CT molecular complexity index is 966. The van der Waals surface area contributed by atoms with Gasteiger partial charge < -0.3 is 14.2 Å². The van der Waals surface area contributed by atoms with Crippen molar-refractivity contribution in [2.45, 2.75) is 336 Å². The fourth-order valence-electron chi connectivity index (χ4n) is 8.89. The maximum Gasteiger partial charge on any atom is 0.306 e. The summed E-state index contributed by atoms with van der Waals surface area (Å²) in [4.78, 5) is 38.1. The number of carbonyl (C=O) groups excluding carboxylic acids is 3. The maximum atomic E-state index is 12.8. The summed E-state index contributed by atoms with van der Waals surface area (Å²) in [6.07, 6.45) is 56.6. The Morgan fingerprint density at radius 1 is 0.312 bits per heavy atom. The molecular formula is C58H112O6. The zero-order chi connectivity index (χ0) is 46.7. The van der Waals surface area contributed by atoms with E-state index in [1.54, 1.807) is 0 Å². The van der Waals surface area contributed by atoms with Gasteiger partial charge in [-0.15, -0.1) is 0 Å². The number of hydrogen-bond acceptors (Lipinski definition) is 6. The van der Waals surface area contributed by atoms with Crippen LogP contribution in [0.15, 0.2) is 0 Å². The summed E-state index contributed by atoms with van der Waals surface area (Å²) in [6.45, 7) is 9.06. The summed E-state index contributed by atoms with van der Waals surface area (Å²) in [6, 6.07) is 0. The fourth-order valence-corrected chi connectivity index (χ4v) is 8.89. The van der Waals surface area contributed by atoms with Crippen LogP contribution in [0.3, 0.4) is 0 Å². The topological polar surface area (TPSA) is 78.9 Å². The highest BCUT2D eigenvalue weighted by atomic mass is 16.6. The molecule has 0 saturated heterocycles. The van der Waals surface area contributed by atoms with Gasteiger partial charge in [0.15, 0.2) is 6.10 Å². The first-order valence-corrected chi connectivity index (χ1v) is 28.9. The van der Waals surface area contributed by atoms with Crippen molar-refractivity contribution in [1.82, 2.24) is 0 Å². The molecular weight excluding hydrogens is 793 g/mol. The van der Waals surface area contributed by atoms with E-state index in [0.717, 1.165) is 63.7 Å². The van der Waals surface area contributed by atoms with E-state index in [1.807, 2.05) is 0 Å². The minimum atomic E-state index is -0.762. The van der Waals surface area contributed by atoms with Crippen LogP contribution in [-0.2, 0) is 28.6 Å². The molecule has 0 amide bonds. The lowest BCUT2D eigenvalue weighted by atomic mass is 9.99. The molecule has 0 aliphatic heterocycles. The van der Waals surface area contributed by atoms with Crippen LogP contribution in [0.5, 0.6) is 0 Å². The first-order chi connectivity index (χ1) is 31.4. The molecule has 0 radical (unpaired) electrons. The molecule has 0 aliphatic carbocycles. The van der Waals surface area contributed by atoms with Gasteiger partial charge in [0.25, 0.3) is 0 Å². The molecule has 0 bridgehead atoms. The van der Waals surface area contributed by atoms with Crippen molar-refractivity contribution in [3.05, 3.63) is 0 Å². The van der Waals surface area contributed by atoms with Crippen LogP contribution in [0.1, 0.15) is 329 Å². The molecule has 380 valence electrons. The molecule has 0 spiro atoms. The van der Waals surface area contributed by atoms with Crippen molar-refractivity contribution in [2.75, 3.05) is 13.2 Å². The molecule has 0 rings (SSSR count). The van der Waals surface area contributed by atoms with Gasteiger partial charge in [0.2, 0.25) is 0 Å². The van der Waals surface area contributed by atoms with Crippen LogP contribution in [0.25, 0.3) is 0 Å². The molecule has 0 aliphatic rings. The van der Waals surface area contributed by atoms with E-state index in [1.165, 1.54) is 225 Å². The predicted molar refractivity (Wildman–Crippen MR) is 275 cm³/mol. The van der Waals surface area contributed by atoms with E-state index in [0.29, 0.717) is 19.3 Å². The first kappa shape index (κ1) is 62.4. The lowest BCUT2D eigenvalue weighted by molar-refractivity contribution is -0.167. The number of rotatable bonds is 53. The monoisotopic (exact) mass is 905 g/mol. The van der Waals surface area contributed by atoms with Gasteiger partial charge >= 0.3 is 17.9 Å². The van der Waals surface area contributed by atoms with Gasteiger partial charge in [-0.3, -0.25) is 14.4 Å².